The number of amides is 1. The third-order valence-electron chi connectivity index (χ3n) is 6.53. The Kier molecular flexibility index (Phi) is 6.07. The second-order valence-corrected chi connectivity index (χ2v) is 9.23. The van der Waals surface area contributed by atoms with Gasteiger partial charge in [0.2, 0.25) is 5.91 Å². The highest BCUT2D eigenvalue weighted by atomic mass is 16.2. The Morgan fingerprint density at radius 3 is 2.43 bits per heavy atom. The molecule has 1 saturated heterocycles. The second-order valence-electron chi connectivity index (χ2n) is 9.23. The molecule has 1 saturated carbocycles. The summed E-state index contributed by atoms with van der Waals surface area (Å²) in [6.45, 7) is 11.8. The molecule has 2 heterocycles. The minimum absolute atomic E-state index is 0.280. The Morgan fingerprint density at radius 1 is 1.10 bits per heavy atom. The fraction of sp³-hybridized carbons (Fsp3) is 0.560. The number of anilines is 1. The number of carbonyl (C=O) groups is 1. The molecule has 160 valence electrons. The molecule has 2 fully saturated rings. The van der Waals surface area contributed by atoms with Gasteiger partial charge in [0.15, 0.2) is 0 Å². The van der Waals surface area contributed by atoms with Gasteiger partial charge in [-0.3, -0.25) is 4.79 Å². The van der Waals surface area contributed by atoms with Crippen LogP contribution in [0.1, 0.15) is 67.2 Å². The Balaban J connectivity index is 1.58. The van der Waals surface area contributed by atoms with Crippen molar-refractivity contribution in [2.75, 3.05) is 31.1 Å². The normalized spacial score (nSPS) is 17.4. The Hall–Kier alpha value is -2.43. The number of aromatic nitrogens is 2. The molecule has 30 heavy (non-hydrogen) atoms. The predicted octanol–water partition coefficient (Wildman–Crippen LogP) is 4.26. The average Bonchev–Trinajstić information content (AvgIpc) is 2.68. The van der Waals surface area contributed by atoms with E-state index in [1.807, 2.05) is 0 Å². The van der Waals surface area contributed by atoms with Gasteiger partial charge in [-0.2, -0.15) is 0 Å². The third kappa shape index (κ3) is 4.35. The second kappa shape index (κ2) is 8.75. The third-order valence-corrected chi connectivity index (χ3v) is 6.53. The molecule has 5 nitrogen and oxygen atoms in total. The highest BCUT2D eigenvalue weighted by Gasteiger charge is 2.32. The van der Waals surface area contributed by atoms with Gasteiger partial charge in [0.05, 0.1) is 0 Å². The van der Waals surface area contributed by atoms with E-state index in [1.54, 1.807) is 0 Å². The molecular formula is C25H34N4O. The Morgan fingerprint density at radius 2 is 1.83 bits per heavy atom. The number of hydrogen-bond acceptors (Lipinski definition) is 4. The SMILES string of the molecule is Cc1cccc(Cc2c(C)nc(C(C)C)nc2N2CCN(C(=O)C3CCC3)CC2)c1. The lowest BCUT2D eigenvalue weighted by molar-refractivity contribution is -0.138. The van der Waals surface area contributed by atoms with Crippen molar-refractivity contribution in [3.8, 4) is 0 Å². The lowest BCUT2D eigenvalue weighted by Gasteiger charge is -2.39. The number of aryl methyl sites for hydroxylation is 2. The first-order valence-electron chi connectivity index (χ1n) is 11.4. The van der Waals surface area contributed by atoms with E-state index in [9.17, 15) is 4.79 Å². The van der Waals surface area contributed by atoms with E-state index in [0.29, 0.717) is 5.91 Å². The summed E-state index contributed by atoms with van der Waals surface area (Å²) >= 11 is 0. The molecule has 1 aromatic heterocycles. The van der Waals surface area contributed by atoms with Crippen LogP contribution in [-0.2, 0) is 11.2 Å². The molecule has 5 heteroatoms. The zero-order valence-corrected chi connectivity index (χ0v) is 18.8. The van der Waals surface area contributed by atoms with Gasteiger partial charge >= 0.3 is 0 Å². The Bertz CT molecular complexity index is 911. The molecule has 4 rings (SSSR count). The molecule has 1 amide bonds. The largest absolute Gasteiger partial charge is 0.353 e. The first-order valence-corrected chi connectivity index (χ1v) is 11.4. The van der Waals surface area contributed by atoms with E-state index in [4.69, 9.17) is 9.97 Å². The molecule has 0 unspecified atom stereocenters. The van der Waals surface area contributed by atoms with E-state index >= 15 is 0 Å². The predicted molar refractivity (Wildman–Crippen MR) is 121 cm³/mol. The van der Waals surface area contributed by atoms with Crippen LogP contribution in [0.4, 0.5) is 5.82 Å². The standard InChI is InChI=1S/C25H34N4O/c1-17(2)23-26-19(4)22(16-20-8-5-7-18(3)15-20)24(27-23)28-11-13-29(14-12-28)25(30)21-9-6-10-21/h5,7-8,15,17,21H,6,9-14,16H2,1-4H3. The number of benzene rings is 1. The molecular weight excluding hydrogens is 372 g/mol. The minimum atomic E-state index is 0.280. The van der Waals surface area contributed by atoms with E-state index < -0.39 is 0 Å². The highest BCUT2D eigenvalue weighted by molar-refractivity contribution is 5.80. The molecule has 1 aliphatic heterocycles. The molecule has 0 N–H and O–H groups in total. The number of rotatable bonds is 5. The molecule has 0 atom stereocenters. The topological polar surface area (TPSA) is 49.3 Å². The van der Waals surface area contributed by atoms with E-state index in [-0.39, 0.29) is 11.8 Å². The van der Waals surface area contributed by atoms with Crippen LogP contribution in [0.5, 0.6) is 0 Å². The van der Waals surface area contributed by atoms with Gasteiger partial charge in [0.1, 0.15) is 11.6 Å². The van der Waals surface area contributed by atoms with Gasteiger partial charge in [-0.15, -0.1) is 0 Å². The summed E-state index contributed by atoms with van der Waals surface area (Å²) in [5.74, 6) is 2.90. The van der Waals surface area contributed by atoms with Gasteiger partial charge in [0.25, 0.3) is 0 Å². The van der Waals surface area contributed by atoms with Crippen LogP contribution in [0.25, 0.3) is 0 Å². The summed E-state index contributed by atoms with van der Waals surface area (Å²) in [5, 5.41) is 0. The van der Waals surface area contributed by atoms with Crippen molar-refractivity contribution in [2.24, 2.45) is 5.92 Å². The van der Waals surface area contributed by atoms with Crippen LogP contribution < -0.4 is 4.90 Å². The van der Waals surface area contributed by atoms with Crippen LogP contribution in [0, 0.1) is 19.8 Å². The summed E-state index contributed by atoms with van der Waals surface area (Å²) in [7, 11) is 0. The first-order chi connectivity index (χ1) is 14.4. The molecule has 0 spiro atoms. The molecule has 2 aliphatic rings. The zero-order valence-electron chi connectivity index (χ0n) is 18.8. The molecule has 2 aromatic rings. The number of piperazine rings is 1. The summed E-state index contributed by atoms with van der Waals surface area (Å²) in [5.41, 5.74) is 4.84. The van der Waals surface area contributed by atoms with Crippen molar-refractivity contribution in [2.45, 2.75) is 59.3 Å². The molecule has 0 radical (unpaired) electrons. The summed E-state index contributed by atoms with van der Waals surface area (Å²) < 4.78 is 0. The summed E-state index contributed by atoms with van der Waals surface area (Å²) in [4.78, 5) is 26.9. The van der Waals surface area contributed by atoms with Crippen molar-refractivity contribution in [3.05, 3.63) is 52.5 Å². The number of hydrogen-bond donors (Lipinski definition) is 0. The maximum Gasteiger partial charge on any atom is 0.225 e. The van der Waals surface area contributed by atoms with E-state index in [0.717, 1.165) is 62.8 Å². The van der Waals surface area contributed by atoms with Crippen LogP contribution >= 0.6 is 0 Å². The van der Waals surface area contributed by atoms with Gasteiger partial charge in [-0.25, -0.2) is 9.97 Å². The van der Waals surface area contributed by atoms with Gasteiger partial charge < -0.3 is 9.80 Å². The van der Waals surface area contributed by atoms with Crippen molar-refractivity contribution < 1.29 is 4.79 Å². The van der Waals surface area contributed by atoms with Gasteiger partial charge in [-0.05, 0) is 32.3 Å². The van der Waals surface area contributed by atoms with E-state index in [1.165, 1.54) is 23.1 Å². The monoisotopic (exact) mass is 406 g/mol. The maximum atomic E-state index is 12.6. The highest BCUT2D eigenvalue weighted by Crippen LogP contribution is 2.30. The van der Waals surface area contributed by atoms with Crippen molar-refractivity contribution >= 4 is 11.7 Å². The maximum absolute atomic E-state index is 12.6. The smallest absolute Gasteiger partial charge is 0.225 e. The minimum Gasteiger partial charge on any atom is -0.353 e. The fourth-order valence-corrected chi connectivity index (χ4v) is 4.41. The fourth-order valence-electron chi connectivity index (χ4n) is 4.41. The van der Waals surface area contributed by atoms with Crippen LogP contribution in [0.3, 0.4) is 0 Å². The molecule has 0 bridgehead atoms. The summed E-state index contributed by atoms with van der Waals surface area (Å²) in [6, 6.07) is 8.68. The molecule has 1 aromatic carbocycles. The lowest BCUT2D eigenvalue weighted by atomic mass is 9.84. The van der Waals surface area contributed by atoms with Gasteiger partial charge in [-0.1, -0.05) is 50.1 Å². The van der Waals surface area contributed by atoms with Gasteiger partial charge in [0, 0.05) is 55.7 Å². The lowest BCUT2D eigenvalue weighted by Crippen LogP contribution is -2.51. The molecule has 1 aliphatic carbocycles. The number of carbonyl (C=O) groups excluding carboxylic acids is 1. The van der Waals surface area contributed by atoms with Crippen molar-refractivity contribution in [1.29, 1.82) is 0 Å². The van der Waals surface area contributed by atoms with Crippen molar-refractivity contribution in [1.82, 2.24) is 14.9 Å². The first kappa shape index (κ1) is 20.8. The summed E-state index contributed by atoms with van der Waals surface area (Å²) in [6.07, 6.45) is 4.18. The van der Waals surface area contributed by atoms with E-state index in [2.05, 4.69) is 61.8 Å². The van der Waals surface area contributed by atoms with Crippen molar-refractivity contribution in [3.63, 3.8) is 0 Å². The average molecular weight is 407 g/mol. The van der Waals surface area contributed by atoms with Crippen LogP contribution in [0.2, 0.25) is 0 Å². The van der Waals surface area contributed by atoms with Crippen LogP contribution in [-0.4, -0.2) is 47.0 Å². The number of nitrogens with zero attached hydrogens (tertiary/aromatic N) is 4. The zero-order chi connectivity index (χ0) is 21.3. The van der Waals surface area contributed by atoms with Crippen LogP contribution in [0.15, 0.2) is 24.3 Å². The quantitative estimate of drug-likeness (QED) is 0.745. The Labute approximate surface area is 180 Å².